The molecule has 154 valence electrons. The van der Waals surface area contributed by atoms with Gasteiger partial charge in [-0.2, -0.15) is 0 Å². The van der Waals surface area contributed by atoms with Gasteiger partial charge in [0, 0.05) is 71.2 Å². The number of piperazine rings is 1. The Morgan fingerprint density at radius 3 is 2.28 bits per heavy atom. The van der Waals surface area contributed by atoms with Crippen LogP contribution in [0.2, 0.25) is 0 Å². The summed E-state index contributed by atoms with van der Waals surface area (Å²) in [6.45, 7) is 5.93. The summed E-state index contributed by atoms with van der Waals surface area (Å²) in [6, 6.07) is 18.3. The first-order chi connectivity index (χ1) is 14.1. The molecule has 3 rings (SSSR count). The summed E-state index contributed by atoms with van der Waals surface area (Å²) in [5.74, 6) is 0.0795. The van der Waals surface area contributed by atoms with Crippen LogP contribution in [-0.2, 0) is 4.79 Å². The quantitative estimate of drug-likeness (QED) is 0.747. The van der Waals surface area contributed by atoms with Crippen molar-refractivity contribution in [2.75, 3.05) is 63.6 Å². The van der Waals surface area contributed by atoms with E-state index in [9.17, 15) is 4.79 Å². The van der Waals surface area contributed by atoms with Crippen molar-refractivity contribution in [3.8, 4) is 0 Å². The number of nitrogens with zero attached hydrogens (tertiary/aromatic N) is 3. The van der Waals surface area contributed by atoms with Crippen LogP contribution in [0.15, 0.2) is 60.7 Å². The third-order valence-corrected chi connectivity index (χ3v) is 5.26. The smallest absolute Gasteiger partial charge is 0.225 e. The van der Waals surface area contributed by atoms with Crippen LogP contribution in [0.4, 0.5) is 11.4 Å². The Morgan fingerprint density at radius 2 is 1.62 bits per heavy atom. The molecule has 1 saturated heterocycles. The highest BCUT2D eigenvalue weighted by Crippen LogP contribution is 2.16. The number of rotatable bonds is 8. The van der Waals surface area contributed by atoms with E-state index in [1.807, 2.05) is 49.3 Å². The highest BCUT2D eigenvalue weighted by molar-refractivity contribution is 5.91. The van der Waals surface area contributed by atoms with Crippen LogP contribution in [0.1, 0.15) is 12.0 Å². The molecular weight excluding hydrogens is 360 g/mol. The standard InChI is InChI=1S/C24H32N4O/c1-26(2)23-12-10-22(11-13-23)25-24(29)14-16-28-19-17-27(18-20-28)15-6-9-21-7-4-3-5-8-21/h3-13H,14-20H2,1-2H3,(H,25,29)/b9-6+. The molecule has 0 saturated carbocycles. The van der Waals surface area contributed by atoms with Gasteiger partial charge in [-0.3, -0.25) is 9.69 Å². The van der Waals surface area contributed by atoms with Gasteiger partial charge in [-0.1, -0.05) is 42.5 Å². The van der Waals surface area contributed by atoms with E-state index in [-0.39, 0.29) is 5.91 Å². The zero-order chi connectivity index (χ0) is 20.5. The van der Waals surface area contributed by atoms with Crippen molar-refractivity contribution in [3.63, 3.8) is 0 Å². The molecule has 0 radical (unpaired) electrons. The Labute approximate surface area is 174 Å². The van der Waals surface area contributed by atoms with Crippen LogP contribution < -0.4 is 10.2 Å². The molecule has 1 heterocycles. The molecule has 2 aromatic carbocycles. The summed E-state index contributed by atoms with van der Waals surface area (Å²) in [4.78, 5) is 19.1. The zero-order valence-electron chi connectivity index (χ0n) is 17.6. The SMILES string of the molecule is CN(C)c1ccc(NC(=O)CCN2CCN(C/C=C/c3ccccc3)CC2)cc1. The summed E-state index contributed by atoms with van der Waals surface area (Å²) >= 11 is 0. The number of benzene rings is 2. The zero-order valence-corrected chi connectivity index (χ0v) is 17.6. The highest BCUT2D eigenvalue weighted by Gasteiger charge is 2.16. The van der Waals surface area contributed by atoms with E-state index in [1.165, 1.54) is 5.56 Å². The van der Waals surface area contributed by atoms with E-state index in [0.29, 0.717) is 6.42 Å². The first kappa shape index (κ1) is 21.1. The molecule has 0 bridgehead atoms. The lowest BCUT2D eigenvalue weighted by Crippen LogP contribution is -2.46. The lowest BCUT2D eigenvalue weighted by molar-refractivity contribution is -0.116. The Bertz CT molecular complexity index is 778. The van der Waals surface area contributed by atoms with Crippen molar-refractivity contribution in [3.05, 3.63) is 66.2 Å². The molecule has 1 aliphatic heterocycles. The monoisotopic (exact) mass is 392 g/mol. The van der Waals surface area contributed by atoms with E-state index < -0.39 is 0 Å². The number of hydrogen-bond donors (Lipinski definition) is 1. The number of carbonyl (C=O) groups is 1. The van der Waals surface area contributed by atoms with Crippen molar-refractivity contribution in [1.29, 1.82) is 0 Å². The van der Waals surface area contributed by atoms with Crippen LogP contribution in [0.3, 0.4) is 0 Å². The predicted molar refractivity (Wildman–Crippen MR) is 122 cm³/mol. The van der Waals surface area contributed by atoms with Crippen LogP contribution in [0, 0.1) is 0 Å². The minimum absolute atomic E-state index is 0.0795. The van der Waals surface area contributed by atoms with Crippen molar-refractivity contribution in [2.24, 2.45) is 0 Å². The maximum Gasteiger partial charge on any atom is 0.225 e. The lowest BCUT2D eigenvalue weighted by Gasteiger charge is -2.34. The Morgan fingerprint density at radius 1 is 0.966 bits per heavy atom. The average molecular weight is 393 g/mol. The van der Waals surface area contributed by atoms with Gasteiger partial charge >= 0.3 is 0 Å². The number of hydrogen-bond acceptors (Lipinski definition) is 4. The van der Waals surface area contributed by atoms with Gasteiger partial charge in [-0.25, -0.2) is 0 Å². The van der Waals surface area contributed by atoms with Crippen LogP contribution in [-0.4, -0.2) is 69.1 Å². The van der Waals surface area contributed by atoms with E-state index in [4.69, 9.17) is 0 Å². The Balaban J connectivity index is 1.33. The van der Waals surface area contributed by atoms with Gasteiger partial charge in [0.15, 0.2) is 0 Å². The van der Waals surface area contributed by atoms with Gasteiger partial charge in [0.1, 0.15) is 0 Å². The molecule has 0 atom stereocenters. The topological polar surface area (TPSA) is 38.8 Å². The second kappa shape index (κ2) is 10.8. The van der Waals surface area contributed by atoms with Crippen LogP contribution >= 0.6 is 0 Å². The number of anilines is 2. The highest BCUT2D eigenvalue weighted by atomic mass is 16.1. The van der Waals surface area contributed by atoms with Gasteiger partial charge in [-0.15, -0.1) is 0 Å². The van der Waals surface area contributed by atoms with Gasteiger partial charge < -0.3 is 15.1 Å². The second-order valence-electron chi connectivity index (χ2n) is 7.69. The Kier molecular flexibility index (Phi) is 7.85. The van der Waals surface area contributed by atoms with E-state index in [1.54, 1.807) is 0 Å². The fourth-order valence-electron chi connectivity index (χ4n) is 3.42. The lowest BCUT2D eigenvalue weighted by atomic mass is 10.2. The number of nitrogens with one attached hydrogen (secondary N) is 1. The molecular formula is C24H32N4O. The fraction of sp³-hybridized carbons (Fsp3) is 0.375. The third kappa shape index (κ3) is 7.04. The summed E-state index contributed by atoms with van der Waals surface area (Å²) in [5.41, 5.74) is 3.23. The molecule has 1 amide bonds. The van der Waals surface area contributed by atoms with E-state index in [2.05, 4.69) is 51.5 Å². The first-order valence-electron chi connectivity index (χ1n) is 10.3. The second-order valence-corrected chi connectivity index (χ2v) is 7.69. The Hall–Kier alpha value is -2.63. The molecule has 1 aliphatic rings. The molecule has 0 unspecified atom stereocenters. The van der Waals surface area contributed by atoms with Gasteiger partial charge in [0.25, 0.3) is 0 Å². The molecule has 2 aromatic rings. The predicted octanol–water partition coefficient (Wildman–Crippen LogP) is 3.41. The molecule has 5 heteroatoms. The molecule has 29 heavy (non-hydrogen) atoms. The molecule has 1 fully saturated rings. The summed E-state index contributed by atoms with van der Waals surface area (Å²) < 4.78 is 0. The molecule has 0 spiro atoms. The number of carbonyl (C=O) groups excluding carboxylic acids is 1. The van der Waals surface area contributed by atoms with Crippen molar-refractivity contribution in [1.82, 2.24) is 9.80 Å². The molecule has 5 nitrogen and oxygen atoms in total. The largest absolute Gasteiger partial charge is 0.378 e. The molecule has 1 N–H and O–H groups in total. The van der Waals surface area contributed by atoms with Gasteiger partial charge in [0.2, 0.25) is 5.91 Å². The van der Waals surface area contributed by atoms with E-state index in [0.717, 1.165) is 50.6 Å². The molecule has 0 aliphatic carbocycles. The summed E-state index contributed by atoms with van der Waals surface area (Å²) in [5, 5.41) is 3.00. The van der Waals surface area contributed by atoms with Crippen molar-refractivity contribution >= 4 is 23.4 Å². The maximum absolute atomic E-state index is 12.2. The van der Waals surface area contributed by atoms with Crippen molar-refractivity contribution < 1.29 is 4.79 Å². The van der Waals surface area contributed by atoms with Gasteiger partial charge in [-0.05, 0) is 29.8 Å². The molecule has 0 aromatic heterocycles. The number of amides is 1. The van der Waals surface area contributed by atoms with E-state index >= 15 is 0 Å². The average Bonchev–Trinajstić information content (AvgIpc) is 2.74. The minimum atomic E-state index is 0.0795. The maximum atomic E-state index is 12.2. The third-order valence-electron chi connectivity index (χ3n) is 5.26. The normalized spacial score (nSPS) is 15.5. The van der Waals surface area contributed by atoms with Crippen molar-refractivity contribution in [2.45, 2.75) is 6.42 Å². The van der Waals surface area contributed by atoms with Gasteiger partial charge in [0.05, 0.1) is 0 Å². The minimum Gasteiger partial charge on any atom is -0.378 e. The first-order valence-corrected chi connectivity index (χ1v) is 10.3. The van der Waals surface area contributed by atoms with Crippen LogP contribution in [0.25, 0.3) is 6.08 Å². The van der Waals surface area contributed by atoms with Crippen LogP contribution in [0.5, 0.6) is 0 Å². The summed E-state index contributed by atoms with van der Waals surface area (Å²) in [6.07, 6.45) is 4.95. The summed E-state index contributed by atoms with van der Waals surface area (Å²) in [7, 11) is 4.01. The fourth-order valence-corrected chi connectivity index (χ4v) is 3.42.